The fourth-order valence-electron chi connectivity index (χ4n) is 2.76. The summed E-state index contributed by atoms with van der Waals surface area (Å²) in [6, 6.07) is 6.21. The second-order valence-electron chi connectivity index (χ2n) is 5.22. The number of phenols is 1. The number of ether oxygens (including phenoxy) is 1. The predicted molar refractivity (Wildman–Crippen MR) is 76.6 cm³/mol. The molecule has 0 amide bonds. The highest BCUT2D eigenvalue weighted by atomic mass is 16.5. The van der Waals surface area contributed by atoms with Crippen molar-refractivity contribution in [1.82, 2.24) is 9.80 Å². The Kier molecular flexibility index (Phi) is 4.66. The summed E-state index contributed by atoms with van der Waals surface area (Å²) in [5.74, 6) is 0.758. The maximum Gasteiger partial charge on any atom is 0.160 e. The molecular formula is C15H24N2O2. The first-order chi connectivity index (χ1) is 9.13. The molecule has 0 aromatic heterocycles. The van der Waals surface area contributed by atoms with Gasteiger partial charge < -0.3 is 9.84 Å². The van der Waals surface area contributed by atoms with E-state index >= 15 is 0 Å². The van der Waals surface area contributed by atoms with E-state index in [1.54, 1.807) is 13.2 Å². The van der Waals surface area contributed by atoms with Gasteiger partial charge in [0, 0.05) is 32.2 Å². The third kappa shape index (κ3) is 3.39. The summed E-state index contributed by atoms with van der Waals surface area (Å²) in [7, 11) is 1.58. The normalized spacial score (nSPS) is 21.5. The second kappa shape index (κ2) is 6.26. The van der Waals surface area contributed by atoms with E-state index in [1.165, 1.54) is 5.56 Å². The van der Waals surface area contributed by atoms with Crippen LogP contribution in [0.25, 0.3) is 0 Å². The number of rotatable bonds is 4. The number of hydrogen-bond donors (Lipinski definition) is 1. The second-order valence-corrected chi connectivity index (χ2v) is 5.22. The van der Waals surface area contributed by atoms with Gasteiger partial charge in [0.2, 0.25) is 0 Å². The highest BCUT2D eigenvalue weighted by Crippen LogP contribution is 2.27. The van der Waals surface area contributed by atoms with Crippen LogP contribution in [0.3, 0.4) is 0 Å². The Labute approximate surface area is 115 Å². The molecule has 1 N–H and O–H groups in total. The first-order valence-electron chi connectivity index (χ1n) is 6.96. The number of methoxy groups -OCH3 is 1. The van der Waals surface area contributed by atoms with Crippen molar-refractivity contribution in [2.75, 3.05) is 33.3 Å². The molecular weight excluding hydrogens is 240 g/mol. The minimum Gasteiger partial charge on any atom is -0.504 e. The maximum atomic E-state index is 9.60. The van der Waals surface area contributed by atoms with Crippen molar-refractivity contribution in [3.8, 4) is 11.5 Å². The van der Waals surface area contributed by atoms with E-state index in [4.69, 9.17) is 4.74 Å². The van der Waals surface area contributed by atoms with Gasteiger partial charge in [-0.2, -0.15) is 0 Å². The van der Waals surface area contributed by atoms with Crippen LogP contribution in [-0.4, -0.2) is 54.2 Å². The smallest absolute Gasteiger partial charge is 0.160 e. The molecule has 1 aliphatic heterocycles. The molecule has 19 heavy (non-hydrogen) atoms. The molecule has 0 radical (unpaired) electrons. The van der Waals surface area contributed by atoms with Gasteiger partial charge in [0.05, 0.1) is 7.11 Å². The van der Waals surface area contributed by atoms with Crippen molar-refractivity contribution >= 4 is 0 Å². The van der Waals surface area contributed by atoms with Crippen LogP contribution in [0, 0.1) is 0 Å². The molecule has 0 bridgehead atoms. The quantitative estimate of drug-likeness (QED) is 0.901. The van der Waals surface area contributed by atoms with Crippen LogP contribution in [0.2, 0.25) is 0 Å². The average molecular weight is 264 g/mol. The molecule has 1 fully saturated rings. The fraction of sp³-hybridized carbons (Fsp3) is 0.600. The summed E-state index contributed by atoms with van der Waals surface area (Å²) < 4.78 is 5.15. The van der Waals surface area contributed by atoms with Crippen LogP contribution in [0.1, 0.15) is 19.4 Å². The van der Waals surface area contributed by atoms with Crippen molar-refractivity contribution in [1.29, 1.82) is 0 Å². The number of phenolic OH excluding ortho intramolecular Hbond substituents is 1. The first kappa shape index (κ1) is 14.2. The molecule has 4 nitrogen and oxygen atoms in total. The lowest BCUT2D eigenvalue weighted by molar-refractivity contribution is 0.0834. The highest BCUT2D eigenvalue weighted by Gasteiger charge is 2.22. The standard InChI is InChI=1S/C15H24N2O2/c1-4-17-8-7-16(10-12(17)2)11-13-5-6-14(18)15(9-13)19-3/h5-6,9,12,18H,4,7-8,10-11H2,1-3H3. The van der Waals surface area contributed by atoms with Crippen molar-refractivity contribution in [3.63, 3.8) is 0 Å². The Balaban J connectivity index is 1.98. The third-order valence-electron chi connectivity index (χ3n) is 3.91. The van der Waals surface area contributed by atoms with Crippen LogP contribution in [-0.2, 0) is 6.54 Å². The molecule has 1 heterocycles. The van der Waals surface area contributed by atoms with E-state index in [0.29, 0.717) is 11.8 Å². The van der Waals surface area contributed by atoms with Crippen LogP contribution in [0.4, 0.5) is 0 Å². The SMILES string of the molecule is CCN1CCN(Cc2ccc(O)c(OC)c2)CC1C. The molecule has 1 unspecified atom stereocenters. The van der Waals surface area contributed by atoms with Gasteiger partial charge >= 0.3 is 0 Å². The summed E-state index contributed by atoms with van der Waals surface area (Å²) in [6.07, 6.45) is 0. The van der Waals surface area contributed by atoms with Crippen LogP contribution in [0.5, 0.6) is 11.5 Å². The number of benzene rings is 1. The molecule has 1 saturated heterocycles. The van der Waals surface area contributed by atoms with Crippen LogP contribution >= 0.6 is 0 Å². The Bertz CT molecular complexity index is 423. The number of nitrogens with zero attached hydrogens (tertiary/aromatic N) is 2. The predicted octanol–water partition coefficient (Wildman–Crippen LogP) is 1.93. The molecule has 4 heteroatoms. The van der Waals surface area contributed by atoms with Gasteiger partial charge in [-0.3, -0.25) is 9.80 Å². The van der Waals surface area contributed by atoms with Gasteiger partial charge in [-0.1, -0.05) is 13.0 Å². The summed E-state index contributed by atoms with van der Waals surface area (Å²) in [6.45, 7) is 9.87. The lowest BCUT2D eigenvalue weighted by Crippen LogP contribution is -2.51. The lowest BCUT2D eigenvalue weighted by atomic mass is 10.1. The first-order valence-corrected chi connectivity index (χ1v) is 6.96. The molecule has 1 aromatic rings. The summed E-state index contributed by atoms with van der Waals surface area (Å²) in [5, 5.41) is 9.60. The van der Waals surface area contributed by atoms with Crippen molar-refractivity contribution < 1.29 is 9.84 Å². The summed E-state index contributed by atoms with van der Waals surface area (Å²) in [5.41, 5.74) is 1.19. The number of hydrogen-bond acceptors (Lipinski definition) is 4. The Morgan fingerprint density at radius 2 is 2.16 bits per heavy atom. The van der Waals surface area contributed by atoms with Crippen molar-refractivity contribution in [3.05, 3.63) is 23.8 Å². The zero-order valence-corrected chi connectivity index (χ0v) is 12.1. The highest BCUT2D eigenvalue weighted by molar-refractivity contribution is 5.41. The number of aromatic hydroxyl groups is 1. The van der Waals surface area contributed by atoms with E-state index in [1.807, 2.05) is 12.1 Å². The molecule has 1 atom stereocenters. The minimum absolute atomic E-state index is 0.204. The number of piperazine rings is 1. The van der Waals surface area contributed by atoms with E-state index in [-0.39, 0.29) is 5.75 Å². The molecule has 0 aliphatic carbocycles. The molecule has 0 saturated carbocycles. The summed E-state index contributed by atoms with van der Waals surface area (Å²) in [4.78, 5) is 4.97. The molecule has 2 rings (SSSR count). The minimum atomic E-state index is 0.204. The van der Waals surface area contributed by atoms with Gasteiger partial charge in [0.25, 0.3) is 0 Å². The van der Waals surface area contributed by atoms with Crippen LogP contribution < -0.4 is 4.74 Å². The zero-order chi connectivity index (χ0) is 13.8. The zero-order valence-electron chi connectivity index (χ0n) is 12.1. The van der Waals surface area contributed by atoms with E-state index in [2.05, 4.69) is 23.6 Å². The third-order valence-corrected chi connectivity index (χ3v) is 3.91. The summed E-state index contributed by atoms with van der Waals surface area (Å²) >= 11 is 0. The average Bonchev–Trinajstić information content (AvgIpc) is 2.41. The van der Waals surface area contributed by atoms with E-state index < -0.39 is 0 Å². The van der Waals surface area contributed by atoms with Gasteiger partial charge in [-0.15, -0.1) is 0 Å². The Hall–Kier alpha value is -1.26. The molecule has 1 aromatic carbocycles. The monoisotopic (exact) mass is 264 g/mol. The Morgan fingerprint density at radius 3 is 2.79 bits per heavy atom. The number of likely N-dealkylation sites (N-methyl/N-ethyl adjacent to an activating group) is 1. The lowest BCUT2D eigenvalue weighted by Gasteiger charge is -2.39. The molecule has 1 aliphatic rings. The molecule has 106 valence electrons. The maximum absolute atomic E-state index is 9.60. The van der Waals surface area contributed by atoms with Crippen molar-refractivity contribution in [2.24, 2.45) is 0 Å². The largest absolute Gasteiger partial charge is 0.504 e. The van der Waals surface area contributed by atoms with Gasteiger partial charge in [0.15, 0.2) is 11.5 Å². The van der Waals surface area contributed by atoms with Gasteiger partial charge in [0.1, 0.15) is 0 Å². The van der Waals surface area contributed by atoms with Crippen molar-refractivity contribution in [2.45, 2.75) is 26.4 Å². The Morgan fingerprint density at radius 1 is 1.37 bits per heavy atom. The van der Waals surface area contributed by atoms with Gasteiger partial charge in [-0.05, 0) is 31.2 Å². The van der Waals surface area contributed by atoms with E-state index in [0.717, 1.165) is 32.7 Å². The fourth-order valence-corrected chi connectivity index (χ4v) is 2.76. The topological polar surface area (TPSA) is 35.9 Å². The van der Waals surface area contributed by atoms with Crippen LogP contribution in [0.15, 0.2) is 18.2 Å². The molecule has 0 spiro atoms. The van der Waals surface area contributed by atoms with Gasteiger partial charge in [-0.25, -0.2) is 0 Å². The van der Waals surface area contributed by atoms with E-state index in [9.17, 15) is 5.11 Å².